The van der Waals surface area contributed by atoms with Crippen molar-refractivity contribution in [3.63, 3.8) is 0 Å². The topological polar surface area (TPSA) is 86.2 Å². The second kappa shape index (κ2) is 6.89. The molecule has 0 bridgehead atoms. The molecule has 0 radical (unpaired) electrons. The highest BCUT2D eigenvalue weighted by Gasteiger charge is 2.25. The number of nitrogens with zero attached hydrogens (tertiary/aromatic N) is 2. The fourth-order valence-electron chi connectivity index (χ4n) is 3.37. The summed E-state index contributed by atoms with van der Waals surface area (Å²) < 4.78 is 0. The largest absolute Gasteiger partial charge is 0.395 e. The van der Waals surface area contributed by atoms with E-state index in [9.17, 15) is 5.11 Å². The molecule has 0 amide bonds. The third-order valence-electron chi connectivity index (χ3n) is 4.24. The quantitative estimate of drug-likeness (QED) is 0.572. The number of hydrogen-bond donors (Lipinski definition) is 3. The molecule has 0 aliphatic heterocycles. The fourth-order valence-corrected chi connectivity index (χ4v) is 3.37. The second-order valence-corrected chi connectivity index (χ2v) is 5.87. The smallest absolute Gasteiger partial charge is 0.126 e. The average molecular weight is 290 g/mol. The summed E-state index contributed by atoms with van der Waals surface area (Å²) in [6, 6.07) is 2.42. The summed E-state index contributed by atoms with van der Waals surface area (Å²) >= 11 is 0. The molecule has 1 saturated carbocycles. The summed E-state index contributed by atoms with van der Waals surface area (Å²) in [5.74, 6) is 0.0498. The Labute approximate surface area is 126 Å². The molecule has 1 aliphatic rings. The van der Waals surface area contributed by atoms with Gasteiger partial charge in [-0.15, -0.1) is 0 Å². The van der Waals surface area contributed by atoms with Crippen LogP contribution in [0.4, 0.5) is 5.69 Å². The van der Waals surface area contributed by atoms with E-state index in [2.05, 4.69) is 9.88 Å². The van der Waals surface area contributed by atoms with Crippen LogP contribution in [0, 0.1) is 19.3 Å². The molecule has 116 valence electrons. The van der Waals surface area contributed by atoms with E-state index in [1.807, 2.05) is 19.9 Å². The number of pyridine rings is 1. The highest BCUT2D eigenvalue weighted by molar-refractivity contribution is 6.01. The average Bonchev–Trinajstić information content (AvgIpc) is 2.44. The van der Waals surface area contributed by atoms with Crippen molar-refractivity contribution in [2.75, 3.05) is 18.1 Å². The minimum absolute atomic E-state index is 0.0498. The molecule has 2 rings (SSSR count). The number of aliphatic hydroxyl groups is 1. The first-order valence-electron chi connectivity index (χ1n) is 7.74. The fraction of sp³-hybridized carbons (Fsp3) is 0.625. The molecule has 5 nitrogen and oxygen atoms in total. The lowest BCUT2D eigenvalue weighted by atomic mass is 9.93. The molecular formula is C16H26N4O. The lowest BCUT2D eigenvalue weighted by molar-refractivity contribution is 0.290. The first-order valence-corrected chi connectivity index (χ1v) is 7.74. The van der Waals surface area contributed by atoms with Gasteiger partial charge in [0.2, 0.25) is 0 Å². The van der Waals surface area contributed by atoms with Crippen LogP contribution in [0.1, 0.15) is 49.1 Å². The molecule has 21 heavy (non-hydrogen) atoms. The molecule has 0 atom stereocenters. The van der Waals surface area contributed by atoms with Crippen LogP contribution in [-0.2, 0) is 0 Å². The first kappa shape index (κ1) is 15.8. The van der Waals surface area contributed by atoms with E-state index in [0.29, 0.717) is 18.2 Å². The third-order valence-corrected chi connectivity index (χ3v) is 4.24. The molecule has 0 aromatic carbocycles. The number of aromatic nitrogens is 1. The molecule has 1 aromatic heterocycles. The van der Waals surface area contributed by atoms with Gasteiger partial charge in [-0.3, -0.25) is 10.4 Å². The van der Waals surface area contributed by atoms with Crippen molar-refractivity contribution >= 4 is 11.5 Å². The number of nitrogens with two attached hydrogens (primary N) is 1. The van der Waals surface area contributed by atoms with Crippen LogP contribution in [0.25, 0.3) is 0 Å². The van der Waals surface area contributed by atoms with Gasteiger partial charge in [-0.25, -0.2) is 0 Å². The van der Waals surface area contributed by atoms with Gasteiger partial charge in [-0.1, -0.05) is 19.3 Å². The Hall–Kier alpha value is -1.62. The normalized spacial score (nSPS) is 16.0. The number of nitrogens with one attached hydrogen (secondary N) is 1. The molecule has 1 aliphatic carbocycles. The molecule has 5 heteroatoms. The van der Waals surface area contributed by atoms with Crippen LogP contribution in [0.5, 0.6) is 0 Å². The van der Waals surface area contributed by atoms with E-state index in [4.69, 9.17) is 11.1 Å². The maximum absolute atomic E-state index is 9.45. The zero-order valence-electron chi connectivity index (χ0n) is 13.0. The van der Waals surface area contributed by atoms with Crippen molar-refractivity contribution in [3.8, 4) is 0 Å². The SMILES string of the molecule is Cc1cc(N(CCO)C2CCCCC2)c(C(=N)N)c(C)n1. The van der Waals surface area contributed by atoms with Gasteiger partial charge in [0.15, 0.2) is 0 Å². The molecule has 1 heterocycles. The predicted molar refractivity (Wildman–Crippen MR) is 86.0 cm³/mol. The zero-order chi connectivity index (χ0) is 15.4. The highest BCUT2D eigenvalue weighted by Crippen LogP contribution is 2.31. The summed E-state index contributed by atoms with van der Waals surface area (Å²) in [5, 5.41) is 17.3. The van der Waals surface area contributed by atoms with Crippen molar-refractivity contribution in [2.24, 2.45) is 5.73 Å². The summed E-state index contributed by atoms with van der Waals surface area (Å²) in [4.78, 5) is 6.67. The van der Waals surface area contributed by atoms with E-state index in [0.717, 1.165) is 29.9 Å². The summed E-state index contributed by atoms with van der Waals surface area (Å²) in [6.45, 7) is 4.53. The van der Waals surface area contributed by atoms with Gasteiger partial charge in [-0.2, -0.15) is 0 Å². The van der Waals surface area contributed by atoms with Gasteiger partial charge < -0.3 is 15.7 Å². The number of nitrogen functional groups attached to an aromatic ring is 1. The number of aryl methyl sites for hydroxylation is 2. The van der Waals surface area contributed by atoms with E-state index >= 15 is 0 Å². The van der Waals surface area contributed by atoms with Crippen LogP contribution in [0.2, 0.25) is 0 Å². The van der Waals surface area contributed by atoms with Gasteiger partial charge in [0, 0.05) is 18.3 Å². The van der Waals surface area contributed by atoms with Crippen molar-refractivity contribution in [2.45, 2.75) is 52.0 Å². The first-order chi connectivity index (χ1) is 10.0. The Kier molecular flexibility index (Phi) is 5.17. The lowest BCUT2D eigenvalue weighted by Crippen LogP contribution is -2.40. The Bertz CT molecular complexity index is 509. The van der Waals surface area contributed by atoms with Gasteiger partial charge in [0.05, 0.1) is 23.6 Å². The molecule has 0 unspecified atom stereocenters. The molecule has 1 aromatic rings. The summed E-state index contributed by atoms with van der Waals surface area (Å²) in [6.07, 6.45) is 6.02. The van der Waals surface area contributed by atoms with E-state index < -0.39 is 0 Å². The van der Waals surface area contributed by atoms with Crippen LogP contribution in [-0.4, -0.2) is 35.1 Å². The van der Waals surface area contributed by atoms with Gasteiger partial charge >= 0.3 is 0 Å². The zero-order valence-corrected chi connectivity index (χ0v) is 13.0. The predicted octanol–water partition coefficient (Wildman–Crippen LogP) is 2.11. The molecule has 1 fully saturated rings. The molecule has 0 spiro atoms. The lowest BCUT2D eigenvalue weighted by Gasteiger charge is -2.37. The molecule has 0 saturated heterocycles. The van der Waals surface area contributed by atoms with Gasteiger partial charge in [0.1, 0.15) is 5.84 Å². The van der Waals surface area contributed by atoms with E-state index in [-0.39, 0.29) is 12.4 Å². The maximum atomic E-state index is 9.45. The Balaban J connectivity index is 2.45. The van der Waals surface area contributed by atoms with Crippen molar-refractivity contribution in [1.82, 2.24) is 4.98 Å². The number of rotatable bonds is 5. The Morgan fingerprint density at radius 2 is 2.05 bits per heavy atom. The summed E-state index contributed by atoms with van der Waals surface area (Å²) in [7, 11) is 0. The molecular weight excluding hydrogens is 264 g/mol. The van der Waals surface area contributed by atoms with Crippen molar-refractivity contribution in [3.05, 3.63) is 23.0 Å². The second-order valence-electron chi connectivity index (χ2n) is 5.87. The summed E-state index contributed by atoms with van der Waals surface area (Å²) in [5.41, 5.74) is 9.15. The van der Waals surface area contributed by atoms with E-state index in [1.54, 1.807) is 0 Å². The molecule has 4 N–H and O–H groups in total. The van der Waals surface area contributed by atoms with Crippen LogP contribution >= 0.6 is 0 Å². The minimum Gasteiger partial charge on any atom is -0.395 e. The number of amidine groups is 1. The Morgan fingerprint density at radius 3 is 2.62 bits per heavy atom. The monoisotopic (exact) mass is 290 g/mol. The standard InChI is InChI=1S/C16H26N4O/c1-11-10-14(15(16(17)18)12(2)19-11)20(8-9-21)13-6-4-3-5-7-13/h10,13,21H,3-9H2,1-2H3,(H3,17,18). The van der Waals surface area contributed by atoms with Crippen molar-refractivity contribution in [1.29, 1.82) is 5.41 Å². The maximum Gasteiger partial charge on any atom is 0.126 e. The van der Waals surface area contributed by atoms with Crippen LogP contribution in [0.15, 0.2) is 6.07 Å². The van der Waals surface area contributed by atoms with Crippen molar-refractivity contribution < 1.29 is 5.11 Å². The Morgan fingerprint density at radius 1 is 1.38 bits per heavy atom. The highest BCUT2D eigenvalue weighted by atomic mass is 16.3. The number of aliphatic hydroxyl groups excluding tert-OH is 1. The number of hydrogen-bond acceptors (Lipinski definition) is 4. The van der Waals surface area contributed by atoms with Crippen LogP contribution < -0.4 is 10.6 Å². The van der Waals surface area contributed by atoms with Gasteiger partial charge in [-0.05, 0) is 32.8 Å². The van der Waals surface area contributed by atoms with E-state index in [1.165, 1.54) is 19.3 Å². The minimum atomic E-state index is 0.0498. The number of anilines is 1. The van der Waals surface area contributed by atoms with Gasteiger partial charge in [0.25, 0.3) is 0 Å². The third kappa shape index (κ3) is 3.53. The van der Waals surface area contributed by atoms with Crippen LogP contribution in [0.3, 0.4) is 0 Å².